The predicted molar refractivity (Wildman–Crippen MR) is 116 cm³/mol. The van der Waals surface area contributed by atoms with Gasteiger partial charge in [0.1, 0.15) is 17.6 Å². The van der Waals surface area contributed by atoms with Crippen molar-refractivity contribution in [3.8, 4) is 0 Å². The summed E-state index contributed by atoms with van der Waals surface area (Å²) in [6, 6.07) is 12.8. The molecule has 2 aromatic heterocycles. The normalized spacial score (nSPS) is 16.4. The molecule has 1 N–H and O–H groups in total. The zero-order valence-corrected chi connectivity index (χ0v) is 17.4. The zero-order chi connectivity index (χ0) is 20.2. The molecule has 3 amide bonds. The highest BCUT2D eigenvalue weighted by Crippen LogP contribution is 2.33. The molecule has 1 atom stereocenters. The molecule has 29 heavy (non-hydrogen) atoms. The Kier molecular flexibility index (Phi) is 5.89. The van der Waals surface area contributed by atoms with Gasteiger partial charge < -0.3 is 5.32 Å². The number of thioether (sulfide) groups is 1. The van der Waals surface area contributed by atoms with Crippen LogP contribution >= 0.6 is 34.4 Å². The summed E-state index contributed by atoms with van der Waals surface area (Å²) in [5.74, 6) is -0.872. The minimum Gasteiger partial charge on any atom is -0.341 e. The van der Waals surface area contributed by atoms with E-state index in [-0.39, 0.29) is 6.54 Å². The van der Waals surface area contributed by atoms with Gasteiger partial charge in [-0.25, -0.2) is 4.98 Å². The number of amides is 3. The fourth-order valence-electron chi connectivity index (χ4n) is 2.80. The van der Waals surface area contributed by atoms with Gasteiger partial charge in [-0.15, -0.1) is 22.7 Å². The number of imide groups is 1. The Balaban J connectivity index is 1.48. The van der Waals surface area contributed by atoms with Gasteiger partial charge in [-0.05, 0) is 34.8 Å². The van der Waals surface area contributed by atoms with Crippen LogP contribution in [0.2, 0.25) is 0 Å². The van der Waals surface area contributed by atoms with Gasteiger partial charge in [0.05, 0.1) is 4.91 Å². The van der Waals surface area contributed by atoms with Crippen LogP contribution in [0.5, 0.6) is 0 Å². The van der Waals surface area contributed by atoms with E-state index >= 15 is 0 Å². The standard InChI is InChI=1S/C20H15N3O3S3/c24-16(22-17(18-21-8-10-28-18)13-5-2-1-3-6-13)12-23-19(25)15(29-20(23)26)11-14-7-4-9-27-14/h1-11,17H,12H2,(H,22,24)/b15-11+. The third kappa shape index (κ3) is 4.47. The maximum Gasteiger partial charge on any atom is 0.294 e. The molecule has 6 nitrogen and oxygen atoms in total. The average molecular weight is 442 g/mol. The van der Waals surface area contributed by atoms with Crippen LogP contribution in [0.4, 0.5) is 4.79 Å². The summed E-state index contributed by atoms with van der Waals surface area (Å²) in [5.41, 5.74) is 0.877. The van der Waals surface area contributed by atoms with E-state index in [1.807, 2.05) is 53.2 Å². The Labute approximate surface area is 179 Å². The predicted octanol–water partition coefficient (Wildman–Crippen LogP) is 4.15. The van der Waals surface area contributed by atoms with Gasteiger partial charge in [0.15, 0.2) is 0 Å². The van der Waals surface area contributed by atoms with Gasteiger partial charge in [-0.3, -0.25) is 19.3 Å². The van der Waals surface area contributed by atoms with E-state index in [4.69, 9.17) is 0 Å². The van der Waals surface area contributed by atoms with Crippen LogP contribution in [-0.2, 0) is 9.59 Å². The number of nitrogens with zero attached hydrogens (tertiary/aromatic N) is 2. The number of rotatable bonds is 6. The molecule has 9 heteroatoms. The van der Waals surface area contributed by atoms with E-state index in [0.717, 1.165) is 32.1 Å². The molecule has 0 saturated carbocycles. The summed E-state index contributed by atoms with van der Waals surface area (Å²) in [5, 5.41) is 6.92. The lowest BCUT2D eigenvalue weighted by Crippen LogP contribution is -2.41. The largest absolute Gasteiger partial charge is 0.341 e. The number of carbonyl (C=O) groups excluding carboxylic acids is 3. The number of aromatic nitrogens is 1. The minimum atomic E-state index is -0.450. The first-order valence-electron chi connectivity index (χ1n) is 8.64. The van der Waals surface area contributed by atoms with Crippen LogP contribution in [0.15, 0.2) is 64.3 Å². The third-order valence-electron chi connectivity index (χ3n) is 4.13. The van der Waals surface area contributed by atoms with E-state index in [2.05, 4.69) is 10.3 Å². The van der Waals surface area contributed by atoms with E-state index in [0.29, 0.717) is 4.91 Å². The highest BCUT2D eigenvalue weighted by molar-refractivity contribution is 8.18. The second-order valence-electron chi connectivity index (χ2n) is 6.06. The number of thiazole rings is 1. The number of carbonyl (C=O) groups is 3. The lowest BCUT2D eigenvalue weighted by atomic mass is 10.1. The highest BCUT2D eigenvalue weighted by Gasteiger charge is 2.36. The van der Waals surface area contributed by atoms with Crippen LogP contribution in [0, 0.1) is 0 Å². The SMILES string of the molecule is O=C(CN1C(=O)S/C(=C/c2cccs2)C1=O)NC(c1ccccc1)c1nccs1. The molecule has 1 unspecified atom stereocenters. The van der Waals surface area contributed by atoms with Gasteiger partial charge in [-0.1, -0.05) is 36.4 Å². The topological polar surface area (TPSA) is 79.4 Å². The van der Waals surface area contributed by atoms with E-state index in [1.54, 1.807) is 12.3 Å². The summed E-state index contributed by atoms with van der Waals surface area (Å²) < 4.78 is 0. The average Bonchev–Trinajstić information content (AvgIpc) is 3.47. The van der Waals surface area contributed by atoms with E-state index < -0.39 is 23.1 Å². The van der Waals surface area contributed by atoms with Crippen molar-refractivity contribution in [3.63, 3.8) is 0 Å². The second kappa shape index (κ2) is 8.73. The Bertz CT molecular complexity index is 1050. The molecule has 3 heterocycles. The Morgan fingerprint density at radius 2 is 1.93 bits per heavy atom. The Hall–Kier alpha value is -2.75. The molecule has 1 aliphatic heterocycles. The number of hydrogen-bond donors (Lipinski definition) is 1. The van der Waals surface area contributed by atoms with Crippen molar-refractivity contribution in [2.75, 3.05) is 6.54 Å². The molecule has 0 bridgehead atoms. The Morgan fingerprint density at radius 3 is 2.62 bits per heavy atom. The van der Waals surface area contributed by atoms with Gasteiger partial charge in [0.2, 0.25) is 5.91 Å². The highest BCUT2D eigenvalue weighted by atomic mass is 32.2. The number of benzene rings is 1. The fourth-order valence-corrected chi connectivity index (χ4v) is 5.07. The van der Waals surface area contributed by atoms with Crippen molar-refractivity contribution in [3.05, 3.63) is 79.8 Å². The molecule has 0 aliphatic carbocycles. The van der Waals surface area contributed by atoms with Crippen molar-refractivity contribution in [2.45, 2.75) is 6.04 Å². The van der Waals surface area contributed by atoms with Gasteiger partial charge >= 0.3 is 0 Å². The van der Waals surface area contributed by atoms with Crippen molar-refractivity contribution in [2.24, 2.45) is 0 Å². The lowest BCUT2D eigenvalue weighted by Gasteiger charge is -2.19. The quantitative estimate of drug-likeness (QED) is 0.582. The summed E-state index contributed by atoms with van der Waals surface area (Å²) in [7, 11) is 0. The second-order valence-corrected chi connectivity index (χ2v) is 8.96. The van der Waals surface area contributed by atoms with Crippen LogP contribution < -0.4 is 5.32 Å². The van der Waals surface area contributed by atoms with Crippen molar-refractivity contribution in [1.82, 2.24) is 15.2 Å². The summed E-state index contributed by atoms with van der Waals surface area (Å²) >= 11 is 3.75. The fraction of sp³-hybridized carbons (Fsp3) is 0.100. The zero-order valence-electron chi connectivity index (χ0n) is 15.0. The maximum atomic E-state index is 12.7. The lowest BCUT2D eigenvalue weighted by molar-refractivity contribution is -0.129. The summed E-state index contributed by atoms with van der Waals surface area (Å²) in [4.78, 5) is 44.0. The number of thiophene rings is 1. The summed E-state index contributed by atoms with van der Waals surface area (Å²) in [6.45, 7) is -0.332. The summed E-state index contributed by atoms with van der Waals surface area (Å²) in [6.07, 6.45) is 3.35. The first kappa shape index (κ1) is 19.6. The van der Waals surface area contributed by atoms with Gasteiger partial charge in [0.25, 0.3) is 11.1 Å². The molecule has 4 rings (SSSR count). The van der Waals surface area contributed by atoms with E-state index in [9.17, 15) is 14.4 Å². The van der Waals surface area contributed by atoms with Crippen LogP contribution in [0.1, 0.15) is 21.5 Å². The molecule has 1 fully saturated rings. The smallest absolute Gasteiger partial charge is 0.294 e. The molecular weight excluding hydrogens is 426 g/mol. The van der Waals surface area contributed by atoms with Crippen LogP contribution in [0.3, 0.4) is 0 Å². The molecule has 3 aromatic rings. The maximum absolute atomic E-state index is 12.7. The molecule has 0 spiro atoms. The minimum absolute atomic E-state index is 0.324. The first-order valence-corrected chi connectivity index (χ1v) is 11.2. The molecule has 146 valence electrons. The van der Waals surface area contributed by atoms with Crippen LogP contribution in [-0.4, -0.2) is 33.5 Å². The molecule has 1 aromatic carbocycles. The van der Waals surface area contributed by atoms with Crippen molar-refractivity contribution >= 4 is 57.6 Å². The van der Waals surface area contributed by atoms with Crippen molar-refractivity contribution in [1.29, 1.82) is 0 Å². The Morgan fingerprint density at radius 1 is 1.10 bits per heavy atom. The van der Waals surface area contributed by atoms with Gasteiger partial charge in [-0.2, -0.15) is 0 Å². The monoisotopic (exact) mass is 441 g/mol. The van der Waals surface area contributed by atoms with Crippen molar-refractivity contribution < 1.29 is 14.4 Å². The van der Waals surface area contributed by atoms with Gasteiger partial charge in [0, 0.05) is 16.5 Å². The molecule has 0 radical (unpaired) electrons. The third-order valence-corrected chi connectivity index (χ3v) is 6.70. The molecule has 1 saturated heterocycles. The van der Waals surface area contributed by atoms with E-state index in [1.165, 1.54) is 22.7 Å². The van der Waals surface area contributed by atoms with Crippen LogP contribution in [0.25, 0.3) is 6.08 Å². The first-order chi connectivity index (χ1) is 14.1. The number of hydrogen-bond acceptors (Lipinski definition) is 7. The molecule has 1 aliphatic rings. The molecular formula is C20H15N3O3S3. The number of nitrogens with one attached hydrogen (secondary N) is 1.